The molecule has 0 aliphatic carbocycles. The Morgan fingerprint density at radius 3 is 2.52 bits per heavy atom. The molecule has 2 aliphatic heterocycles. The van der Waals surface area contributed by atoms with Gasteiger partial charge in [-0.1, -0.05) is 6.07 Å². The van der Waals surface area contributed by atoms with Crippen molar-refractivity contribution in [3.8, 4) is 5.82 Å². The molecule has 12 nitrogen and oxygen atoms in total. The normalized spacial score (nSPS) is 16.2. The van der Waals surface area contributed by atoms with Gasteiger partial charge in [0, 0.05) is 32.0 Å². The van der Waals surface area contributed by atoms with E-state index < -0.39 is 44.8 Å². The number of carbonyl (C=O) groups is 2. The van der Waals surface area contributed by atoms with Crippen molar-refractivity contribution < 1.29 is 31.2 Å². The predicted octanol–water partition coefficient (Wildman–Crippen LogP) is 1.41. The van der Waals surface area contributed by atoms with Gasteiger partial charge in [-0.25, -0.2) is 18.4 Å². The Bertz CT molecular complexity index is 1600. The van der Waals surface area contributed by atoms with Crippen molar-refractivity contribution in [3.63, 3.8) is 0 Å². The number of hydrogen-bond donors (Lipinski definition) is 2. The average molecular weight is 577 g/mol. The van der Waals surface area contributed by atoms with Crippen LogP contribution in [0, 0.1) is 0 Å². The summed E-state index contributed by atoms with van der Waals surface area (Å²) in [5, 5.41) is 9.98. The third-order valence-electron chi connectivity index (χ3n) is 6.43. The van der Waals surface area contributed by atoms with Crippen molar-refractivity contribution in [1.82, 2.24) is 25.1 Å². The first kappa shape index (κ1) is 27.2. The molecule has 0 unspecified atom stereocenters. The number of carbonyl (C=O) groups excluding carboxylic acids is 2. The van der Waals surface area contributed by atoms with Gasteiger partial charge in [0.2, 0.25) is 5.91 Å². The minimum atomic E-state index is -4.55. The highest BCUT2D eigenvalue weighted by Gasteiger charge is 2.50. The van der Waals surface area contributed by atoms with E-state index in [-0.39, 0.29) is 36.7 Å². The van der Waals surface area contributed by atoms with Crippen LogP contribution in [0.2, 0.25) is 0 Å². The molecule has 5 rings (SSSR count). The standard InChI is InChI=1S/C24H23F3N8O4S/c1-28-8-14-3-6-18(30-9-14)35-21(31-19(36)11-40(2,38)39)20-16(33-35)7-23(32-22(20)37)12-34(13-23)15-4-5-17(29-10-15)24(25,26)27/h3-6,9-10H,1,7-8,11-13H2,2H3,(H,31,36)(H,32,37). The number of aromatic nitrogens is 4. The molecule has 210 valence electrons. The topological polar surface area (TPSA) is 152 Å². The maximum atomic E-state index is 13.3. The minimum absolute atomic E-state index is 0.0267. The fourth-order valence-corrected chi connectivity index (χ4v) is 5.29. The van der Waals surface area contributed by atoms with Crippen LogP contribution in [0.5, 0.6) is 0 Å². The number of anilines is 2. The highest BCUT2D eigenvalue weighted by Crippen LogP contribution is 2.37. The smallest absolute Gasteiger partial charge is 0.365 e. The van der Waals surface area contributed by atoms with Gasteiger partial charge in [0.15, 0.2) is 21.5 Å². The van der Waals surface area contributed by atoms with Crippen molar-refractivity contribution in [2.75, 3.05) is 35.3 Å². The lowest BCUT2D eigenvalue weighted by Crippen LogP contribution is -2.73. The van der Waals surface area contributed by atoms with Crippen LogP contribution in [0.25, 0.3) is 5.82 Å². The molecule has 0 aromatic carbocycles. The van der Waals surface area contributed by atoms with Crippen LogP contribution in [-0.2, 0) is 33.8 Å². The molecule has 1 spiro atoms. The van der Waals surface area contributed by atoms with E-state index in [1.807, 2.05) is 0 Å². The van der Waals surface area contributed by atoms with Crippen LogP contribution in [0.4, 0.5) is 24.7 Å². The molecule has 40 heavy (non-hydrogen) atoms. The Morgan fingerprint density at radius 2 is 1.95 bits per heavy atom. The molecule has 5 heterocycles. The number of nitrogens with one attached hydrogen (secondary N) is 2. The van der Waals surface area contributed by atoms with Crippen LogP contribution in [0.3, 0.4) is 0 Å². The second kappa shape index (κ2) is 9.69. The second-order valence-electron chi connectivity index (χ2n) is 9.77. The van der Waals surface area contributed by atoms with Gasteiger partial charge in [0.05, 0.1) is 29.7 Å². The Morgan fingerprint density at radius 1 is 1.20 bits per heavy atom. The number of rotatable bonds is 7. The van der Waals surface area contributed by atoms with Crippen molar-refractivity contribution in [3.05, 3.63) is 59.2 Å². The first-order valence-electron chi connectivity index (χ1n) is 11.8. The summed E-state index contributed by atoms with van der Waals surface area (Å²) in [7, 11) is -3.65. The van der Waals surface area contributed by atoms with E-state index in [1.54, 1.807) is 17.0 Å². The lowest BCUT2D eigenvalue weighted by atomic mass is 9.80. The van der Waals surface area contributed by atoms with E-state index in [1.165, 1.54) is 16.9 Å². The highest BCUT2D eigenvalue weighted by atomic mass is 32.2. The predicted molar refractivity (Wildman–Crippen MR) is 138 cm³/mol. The maximum absolute atomic E-state index is 13.3. The summed E-state index contributed by atoms with van der Waals surface area (Å²) in [5.41, 5.74) is -0.102. The largest absolute Gasteiger partial charge is 0.433 e. The molecular formula is C24H23F3N8O4S. The maximum Gasteiger partial charge on any atom is 0.433 e. The zero-order valence-electron chi connectivity index (χ0n) is 21.1. The number of hydrogen-bond acceptors (Lipinski definition) is 9. The molecule has 2 N–H and O–H groups in total. The number of aliphatic imine (C=N–C) groups is 1. The number of nitrogens with zero attached hydrogens (tertiary/aromatic N) is 6. The number of alkyl halides is 3. The third kappa shape index (κ3) is 5.38. The number of pyridine rings is 2. The summed E-state index contributed by atoms with van der Waals surface area (Å²) in [5.74, 6) is -1.95. The van der Waals surface area contributed by atoms with Gasteiger partial charge in [-0.15, -0.1) is 0 Å². The Balaban J connectivity index is 1.43. The van der Waals surface area contributed by atoms with Gasteiger partial charge >= 0.3 is 6.18 Å². The molecule has 2 aliphatic rings. The first-order valence-corrected chi connectivity index (χ1v) is 13.9. The molecule has 2 amide bonds. The molecule has 0 bridgehead atoms. The highest BCUT2D eigenvalue weighted by molar-refractivity contribution is 7.91. The molecule has 16 heteroatoms. The van der Waals surface area contributed by atoms with Crippen LogP contribution in [0.15, 0.2) is 41.7 Å². The number of sulfone groups is 1. The van der Waals surface area contributed by atoms with Crippen LogP contribution in [0.1, 0.15) is 27.3 Å². The van der Waals surface area contributed by atoms with E-state index in [2.05, 4.69) is 37.4 Å². The van der Waals surface area contributed by atoms with Gasteiger partial charge in [0.1, 0.15) is 17.0 Å². The second-order valence-corrected chi connectivity index (χ2v) is 11.9. The summed E-state index contributed by atoms with van der Waals surface area (Å²) >= 11 is 0. The van der Waals surface area contributed by atoms with E-state index >= 15 is 0 Å². The molecular weight excluding hydrogens is 553 g/mol. The molecule has 3 aromatic heterocycles. The molecule has 0 radical (unpaired) electrons. The van der Waals surface area contributed by atoms with E-state index in [9.17, 15) is 31.2 Å². The van der Waals surface area contributed by atoms with E-state index in [4.69, 9.17) is 0 Å². The summed E-state index contributed by atoms with van der Waals surface area (Å²) in [6, 6.07) is 5.55. The van der Waals surface area contributed by atoms with Gasteiger partial charge in [-0.2, -0.15) is 23.0 Å². The third-order valence-corrected chi connectivity index (χ3v) is 7.22. The number of amides is 2. The summed E-state index contributed by atoms with van der Waals surface area (Å²) in [6.45, 7) is 4.35. The lowest BCUT2D eigenvalue weighted by Gasteiger charge is -2.52. The zero-order valence-corrected chi connectivity index (χ0v) is 21.9. The Labute approximate surface area is 226 Å². The summed E-state index contributed by atoms with van der Waals surface area (Å²) < 4.78 is 63.2. The molecule has 0 saturated carbocycles. The van der Waals surface area contributed by atoms with Crippen molar-refractivity contribution >= 4 is 39.9 Å². The Kier molecular flexibility index (Phi) is 6.60. The fourth-order valence-electron chi connectivity index (χ4n) is 4.74. The lowest BCUT2D eigenvalue weighted by molar-refractivity contribution is -0.141. The minimum Gasteiger partial charge on any atom is -0.365 e. The van der Waals surface area contributed by atoms with Crippen molar-refractivity contribution in [1.29, 1.82) is 0 Å². The van der Waals surface area contributed by atoms with E-state index in [0.717, 1.165) is 24.1 Å². The van der Waals surface area contributed by atoms with Crippen LogP contribution >= 0.6 is 0 Å². The van der Waals surface area contributed by atoms with Crippen LogP contribution < -0.4 is 15.5 Å². The van der Waals surface area contributed by atoms with Crippen molar-refractivity contribution in [2.45, 2.75) is 24.7 Å². The average Bonchev–Trinajstić information content (AvgIpc) is 3.19. The summed E-state index contributed by atoms with van der Waals surface area (Å²) in [4.78, 5) is 39.3. The summed E-state index contributed by atoms with van der Waals surface area (Å²) in [6.07, 6.45) is -0.714. The van der Waals surface area contributed by atoms with Crippen molar-refractivity contribution in [2.24, 2.45) is 4.99 Å². The van der Waals surface area contributed by atoms with Gasteiger partial charge < -0.3 is 15.5 Å². The SMILES string of the molecule is C=NCc1ccc(-n2nc3c(c2NC(=O)CS(C)(=O)=O)C(=O)NC2(C3)CN(c3ccc(C(F)(F)F)nc3)C2)nc1. The van der Waals surface area contributed by atoms with Gasteiger partial charge in [-0.3, -0.25) is 14.6 Å². The molecule has 1 fully saturated rings. The van der Waals surface area contributed by atoms with Gasteiger partial charge in [-0.05, 0) is 30.5 Å². The monoisotopic (exact) mass is 576 g/mol. The number of halogens is 3. The quantitative estimate of drug-likeness (QED) is 0.401. The Hall–Kier alpha value is -4.34. The molecule has 1 saturated heterocycles. The molecule has 3 aromatic rings. The number of fused-ring (bicyclic) bond motifs is 1. The van der Waals surface area contributed by atoms with Gasteiger partial charge in [0.25, 0.3) is 5.91 Å². The molecule has 0 atom stereocenters. The first-order chi connectivity index (χ1) is 18.8. The van der Waals surface area contributed by atoms with Crippen LogP contribution in [-0.4, -0.2) is 77.3 Å². The van der Waals surface area contributed by atoms with E-state index in [0.29, 0.717) is 17.9 Å². The zero-order chi connectivity index (χ0) is 28.9. The fraction of sp³-hybridized carbons (Fsp3) is 0.333.